The van der Waals surface area contributed by atoms with Crippen LogP contribution in [0.15, 0.2) is 6.20 Å². The number of hydrogen-bond donors (Lipinski definition) is 1. The van der Waals surface area contributed by atoms with Crippen molar-refractivity contribution in [3.05, 3.63) is 16.9 Å². The van der Waals surface area contributed by atoms with Gasteiger partial charge in [0, 0.05) is 12.5 Å². The zero-order valence-electron chi connectivity index (χ0n) is 9.82. The Kier molecular flexibility index (Phi) is 3.87. The predicted molar refractivity (Wildman–Crippen MR) is 66.8 cm³/mol. The number of hydrogen-bond acceptors (Lipinski definition) is 2. The topological polar surface area (TPSA) is 43.8 Å². The molecule has 2 rings (SSSR count). The van der Waals surface area contributed by atoms with Gasteiger partial charge in [-0.25, -0.2) is 0 Å². The minimum absolute atomic E-state index is 0.240. The summed E-state index contributed by atoms with van der Waals surface area (Å²) in [6, 6.07) is 0.240. The summed E-state index contributed by atoms with van der Waals surface area (Å²) in [6.45, 7) is 2.70. The van der Waals surface area contributed by atoms with Gasteiger partial charge >= 0.3 is 0 Å². The quantitative estimate of drug-likeness (QED) is 0.884. The van der Waals surface area contributed by atoms with Crippen LogP contribution in [0.1, 0.15) is 56.7 Å². The SMILES string of the molecule is CC(CN)n1ncc(Cl)c1C1CCCCC1. The molecule has 16 heavy (non-hydrogen) atoms. The van der Waals surface area contributed by atoms with Gasteiger partial charge in [0.25, 0.3) is 0 Å². The largest absolute Gasteiger partial charge is 0.328 e. The summed E-state index contributed by atoms with van der Waals surface area (Å²) in [5.41, 5.74) is 6.92. The molecule has 2 N–H and O–H groups in total. The van der Waals surface area contributed by atoms with Crippen LogP contribution in [0, 0.1) is 0 Å². The Morgan fingerprint density at radius 1 is 1.50 bits per heavy atom. The fourth-order valence-electron chi connectivity index (χ4n) is 2.56. The van der Waals surface area contributed by atoms with Crippen molar-refractivity contribution in [3.63, 3.8) is 0 Å². The Morgan fingerprint density at radius 3 is 2.81 bits per heavy atom. The maximum Gasteiger partial charge on any atom is 0.0820 e. The fourth-order valence-corrected chi connectivity index (χ4v) is 2.84. The Balaban J connectivity index is 2.26. The molecular formula is C12H20ClN3. The first-order valence-corrected chi connectivity index (χ1v) is 6.54. The lowest BCUT2D eigenvalue weighted by molar-refractivity contribution is 0.395. The molecule has 0 saturated heterocycles. The third-order valence-corrected chi connectivity index (χ3v) is 3.83. The van der Waals surface area contributed by atoms with Crippen molar-refractivity contribution in [2.75, 3.05) is 6.54 Å². The molecule has 1 aliphatic carbocycles. The van der Waals surface area contributed by atoms with Gasteiger partial charge in [-0.1, -0.05) is 30.9 Å². The molecule has 1 aromatic rings. The molecule has 0 aliphatic heterocycles. The molecule has 90 valence electrons. The average Bonchev–Trinajstić information content (AvgIpc) is 2.71. The second-order valence-corrected chi connectivity index (χ2v) is 5.15. The number of aromatic nitrogens is 2. The standard InChI is InChI=1S/C12H20ClN3/c1-9(7-14)16-12(11(13)8-15-16)10-5-3-2-4-6-10/h8-10H,2-7,14H2,1H3. The van der Waals surface area contributed by atoms with E-state index in [1.807, 2.05) is 4.68 Å². The van der Waals surface area contributed by atoms with Crippen LogP contribution in [-0.4, -0.2) is 16.3 Å². The smallest absolute Gasteiger partial charge is 0.0820 e. The monoisotopic (exact) mass is 241 g/mol. The highest BCUT2D eigenvalue weighted by Gasteiger charge is 2.23. The van der Waals surface area contributed by atoms with Crippen molar-refractivity contribution in [1.29, 1.82) is 0 Å². The highest BCUT2D eigenvalue weighted by molar-refractivity contribution is 6.31. The summed E-state index contributed by atoms with van der Waals surface area (Å²) in [5, 5.41) is 5.18. The number of nitrogens with zero attached hydrogens (tertiary/aromatic N) is 2. The highest BCUT2D eigenvalue weighted by atomic mass is 35.5. The summed E-state index contributed by atoms with van der Waals surface area (Å²) >= 11 is 6.26. The first-order chi connectivity index (χ1) is 7.74. The molecule has 3 nitrogen and oxygen atoms in total. The average molecular weight is 242 g/mol. The molecule has 1 atom stereocenters. The van der Waals surface area contributed by atoms with Crippen LogP contribution in [0.25, 0.3) is 0 Å². The second-order valence-electron chi connectivity index (χ2n) is 4.74. The van der Waals surface area contributed by atoms with Crippen LogP contribution < -0.4 is 5.73 Å². The van der Waals surface area contributed by atoms with Gasteiger partial charge in [-0.3, -0.25) is 4.68 Å². The van der Waals surface area contributed by atoms with E-state index in [1.54, 1.807) is 6.20 Å². The van der Waals surface area contributed by atoms with Gasteiger partial charge in [0.1, 0.15) is 0 Å². The number of halogens is 1. The molecule has 0 spiro atoms. The summed E-state index contributed by atoms with van der Waals surface area (Å²) in [4.78, 5) is 0. The molecule has 0 aromatic carbocycles. The van der Waals surface area contributed by atoms with Gasteiger partial charge in [0.15, 0.2) is 0 Å². The lowest BCUT2D eigenvalue weighted by Crippen LogP contribution is -2.21. The first-order valence-electron chi connectivity index (χ1n) is 6.17. The van der Waals surface area contributed by atoms with Crippen LogP contribution >= 0.6 is 11.6 Å². The molecule has 1 fully saturated rings. The summed E-state index contributed by atoms with van der Waals surface area (Å²) < 4.78 is 2.03. The van der Waals surface area contributed by atoms with E-state index in [0.29, 0.717) is 12.5 Å². The molecule has 1 aliphatic rings. The van der Waals surface area contributed by atoms with Crippen molar-refractivity contribution in [2.45, 2.75) is 51.0 Å². The van der Waals surface area contributed by atoms with Crippen molar-refractivity contribution in [2.24, 2.45) is 5.73 Å². The van der Waals surface area contributed by atoms with Gasteiger partial charge < -0.3 is 5.73 Å². The van der Waals surface area contributed by atoms with Crippen LogP contribution in [-0.2, 0) is 0 Å². The Bertz CT molecular complexity index is 342. The van der Waals surface area contributed by atoms with Gasteiger partial charge in [0.2, 0.25) is 0 Å². The van der Waals surface area contributed by atoms with Crippen molar-refractivity contribution < 1.29 is 0 Å². The van der Waals surface area contributed by atoms with Crippen LogP contribution in [0.5, 0.6) is 0 Å². The van der Waals surface area contributed by atoms with E-state index in [4.69, 9.17) is 17.3 Å². The van der Waals surface area contributed by atoms with Crippen LogP contribution in [0.2, 0.25) is 5.02 Å². The Labute approximate surface area is 102 Å². The molecule has 0 bridgehead atoms. The van der Waals surface area contributed by atoms with E-state index in [1.165, 1.54) is 37.8 Å². The zero-order valence-corrected chi connectivity index (χ0v) is 10.6. The maximum absolute atomic E-state index is 6.26. The minimum atomic E-state index is 0.240. The van der Waals surface area contributed by atoms with Gasteiger partial charge in [0.05, 0.1) is 23.0 Å². The molecule has 4 heteroatoms. The van der Waals surface area contributed by atoms with E-state index in [0.717, 1.165) is 5.02 Å². The third-order valence-electron chi connectivity index (χ3n) is 3.54. The van der Waals surface area contributed by atoms with Gasteiger partial charge in [-0.2, -0.15) is 5.10 Å². The molecular weight excluding hydrogens is 222 g/mol. The van der Waals surface area contributed by atoms with Crippen LogP contribution in [0.4, 0.5) is 0 Å². The molecule has 1 saturated carbocycles. The second kappa shape index (κ2) is 5.19. The number of rotatable bonds is 3. The Morgan fingerprint density at radius 2 is 2.19 bits per heavy atom. The van der Waals surface area contributed by atoms with E-state index in [9.17, 15) is 0 Å². The van der Waals surface area contributed by atoms with Crippen molar-refractivity contribution >= 4 is 11.6 Å². The molecule has 1 heterocycles. The van der Waals surface area contributed by atoms with Crippen LogP contribution in [0.3, 0.4) is 0 Å². The summed E-state index contributed by atoms with van der Waals surface area (Å²) in [7, 11) is 0. The molecule has 1 aromatic heterocycles. The first kappa shape index (κ1) is 11.9. The Hall–Kier alpha value is -0.540. The van der Waals surface area contributed by atoms with Crippen molar-refractivity contribution in [1.82, 2.24) is 9.78 Å². The lowest BCUT2D eigenvalue weighted by atomic mass is 9.87. The molecule has 1 unspecified atom stereocenters. The highest BCUT2D eigenvalue weighted by Crippen LogP contribution is 2.37. The van der Waals surface area contributed by atoms with Gasteiger partial charge in [-0.05, 0) is 19.8 Å². The normalized spacial score (nSPS) is 19.9. The van der Waals surface area contributed by atoms with E-state index < -0.39 is 0 Å². The maximum atomic E-state index is 6.26. The molecule has 0 amide bonds. The number of nitrogens with two attached hydrogens (primary N) is 1. The van der Waals surface area contributed by atoms with E-state index >= 15 is 0 Å². The third kappa shape index (κ3) is 2.25. The lowest BCUT2D eigenvalue weighted by Gasteiger charge is -2.24. The zero-order chi connectivity index (χ0) is 11.5. The predicted octanol–water partition coefficient (Wildman–Crippen LogP) is 3.10. The fraction of sp³-hybridized carbons (Fsp3) is 0.750. The summed E-state index contributed by atoms with van der Waals surface area (Å²) in [6.07, 6.45) is 8.21. The van der Waals surface area contributed by atoms with E-state index in [-0.39, 0.29) is 6.04 Å². The summed E-state index contributed by atoms with van der Waals surface area (Å²) in [5.74, 6) is 0.581. The van der Waals surface area contributed by atoms with Gasteiger partial charge in [-0.15, -0.1) is 0 Å². The van der Waals surface area contributed by atoms with Crippen molar-refractivity contribution in [3.8, 4) is 0 Å². The van der Waals surface area contributed by atoms with E-state index in [2.05, 4.69) is 12.0 Å². The molecule has 0 radical (unpaired) electrons. The minimum Gasteiger partial charge on any atom is -0.328 e.